The molecule has 4 nitrogen and oxygen atoms in total. The summed E-state index contributed by atoms with van der Waals surface area (Å²) < 4.78 is 0. The highest BCUT2D eigenvalue weighted by atomic mass is 35.5. The average molecular weight is 540 g/mol. The van der Waals surface area contributed by atoms with Crippen molar-refractivity contribution >= 4 is 34.8 Å². The second-order valence-corrected chi connectivity index (χ2v) is 11.3. The van der Waals surface area contributed by atoms with Crippen molar-refractivity contribution in [3.63, 3.8) is 0 Å². The molecule has 0 radical (unpaired) electrons. The number of nitriles is 1. The van der Waals surface area contributed by atoms with E-state index in [2.05, 4.69) is 56.3 Å². The summed E-state index contributed by atoms with van der Waals surface area (Å²) in [5, 5.41) is 11.0. The monoisotopic (exact) mass is 539 g/mol. The number of anilines is 1. The van der Waals surface area contributed by atoms with Gasteiger partial charge in [0, 0.05) is 39.9 Å². The number of nitrogens with zero attached hydrogens (tertiary/aromatic N) is 2. The summed E-state index contributed by atoms with van der Waals surface area (Å²) >= 11 is 8.01. The molecule has 3 aromatic rings. The van der Waals surface area contributed by atoms with Gasteiger partial charge in [-0.3, -0.25) is 9.69 Å². The molecule has 1 unspecified atom stereocenters. The minimum Gasteiger partial charge on any atom is -0.384 e. The van der Waals surface area contributed by atoms with E-state index >= 15 is 0 Å². The van der Waals surface area contributed by atoms with Crippen molar-refractivity contribution in [2.24, 2.45) is 5.73 Å². The highest BCUT2D eigenvalue weighted by Gasteiger charge is 2.41. The van der Waals surface area contributed by atoms with Crippen LogP contribution in [-0.4, -0.2) is 5.78 Å². The summed E-state index contributed by atoms with van der Waals surface area (Å²) in [5.41, 5.74) is 15.3. The van der Waals surface area contributed by atoms with Crippen LogP contribution in [0.25, 0.3) is 0 Å². The van der Waals surface area contributed by atoms with E-state index < -0.39 is 5.92 Å². The number of carbonyl (C=O) groups excluding carboxylic acids is 1. The van der Waals surface area contributed by atoms with Crippen LogP contribution in [0.5, 0.6) is 0 Å². The topological polar surface area (TPSA) is 70.1 Å². The number of carbonyl (C=O) groups is 1. The molecule has 2 aliphatic rings. The van der Waals surface area contributed by atoms with Gasteiger partial charge in [-0.15, -0.1) is 0 Å². The lowest BCUT2D eigenvalue weighted by molar-refractivity contribution is -0.116. The SMILES string of the molecule is Cc1cc(CSCc2ccccc2)c(C)c(C2C(C#N)=C(N)N(c3ccc(Cl)cc3)C3=C2C(=O)CCC3)c1. The number of ketones is 1. The molecule has 0 saturated heterocycles. The minimum atomic E-state index is -0.468. The Morgan fingerprint density at radius 1 is 1.05 bits per heavy atom. The summed E-state index contributed by atoms with van der Waals surface area (Å²) in [7, 11) is 0. The van der Waals surface area contributed by atoms with E-state index in [0.717, 1.165) is 52.4 Å². The number of rotatable bonds is 6. The Bertz CT molecular complexity index is 1490. The van der Waals surface area contributed by atoms with Crippen molar-refractivity contribution in [1.82, 2.24) is 0 Å². The van der Waals surface area contributed by atoms with E-state index in [-0.39, 0.29) is 5.78 Å². The fourth-order valence-corrected chi connectivity index (χ4v) is 6.72. The summed E-state index contributed by atoms with van der Waals surface area (Å²) in [6, 6.07) is 24.6. The van der Waals surface area contributed by atoms with Gasteiger partial charge in [0.25, 0.3) is 0 Å². The normalized spacial score (nSPS) is 17.5. The van der Waals surface area contributed by atoms with Gasteiger partial charge in [0.1, 0.15) is 5.82 Å². The number of halogens is 1. The molecule has 1 atom stereocenters. The summed E-state index contributed by atoms with van der Waals surface area (Å²) in [5.74, 6) is 1.78. The lowest BCUT2D eigenvalue weighted by Gasteiger charge is -2.40. The number of Topliss-reactive ketones (excluding diaryl/α,β-unsaturated/α-hetero) is 1. The van der Waals surface area contributed by atoms with Gasteiger partial charge >= 0.3 is 0 Å². The lowest BCUT2D eigenvalue weighted by atomic mass is 9.73. The van der Waals surface area contributed by atoms with Gasteiger partial charge in [0.2, 0.25) is 0 Å². The molecule has 1 heterocycles. The highest BCUT2D eigenvalue weighted by molar-refractivity contribution is 7.97. The molecule has 6 heteroatoms. The molecule has 5 rings (SSSR count). The van der Waals surface area contributed by atoms with Crippen LogP contribution >= 0.6 is 23.4 Å². The smallest absolute Gasteiger partial charge is 0.161 e. The predicted molar refractivity (Wildman–Crippen MR) is 157 cm³/mol. The van der Waals surface area contributed by atoms with Crippen LogP contribution in [0.1, 0.15) is 53.0 Å². The third kappa shape index (κ3) is 4.99. The first-order valence-corrected chi connectivity index (χ1v) is 14.4. The van der Waals surface area contributed by atoms with E-state index in [1.165, 1.54) is 11.1 Å². The number of aryl methyl sites for hydroxylation is 1. The van der Waals surface area contributed by atoms with E-state index in [4.69, 9.17) is 17.3 Å². The van der Waals surface area contributed by atoms with Crippen molar-refractivity contribution in [1.29, 1.82) is 5.26 Å². The largest absolute Gasteiger partial charge is 0.384 e. The predicted octanol–water partition coefficient (Wildman–Crippen LogP) is 7.70. The maximum Gasteiger partial charge on any atom is 0.161 e. The maximum absolute atomic E-state index is 13.5. The van der Waals surface area contributed by atoms with Crippen LogP contribution in [0.15, 0.2) is 89.4 Å². The molecule has 1 aliphatic heterocycles. The lowest BCUT2D eigenvalue weighted by Crippen LogP contribution is -2.39. The Labute approximate surface area is 233 Å². The Kier molecular flexibility index (Phi) is 7.65. The summed E-state index contributed by atoms with van der Waals surface area (Å²) in [6.45, 7) is 4.19. The molecule has 192 valence electrons. The van der Waals surface area contributed by atoms with E-state index in [9.17, 15) is 10.1 Å². The molecule has 1 aliphatic carbocycles. The van der Waals surface area contributed by atoms with Gasteiger partial charge in [-0.25, -0.2) is 0 Å². The first-order chi connectivity index (χ1) is 18.4. The number of benzene rings is 3. The summed E-state index contributed by atoms with van der Waals surface area (Å²) in [6.07, 6.45) is 1.97. The third-order valence-corrected chi connectivity index (χ3v) is 8.68. The Morgan fingerprint density at radius 2 is 1.79 bits per heavy atom. The third-order valence-electron chi connectivity index (χ3n) is 7.38. The van der Waals surface area contributed by atoms with Gasteiger partial charge in [-0.05, 0) is 73.2 Å². The molecular weight excluding hydrogens is 510 g/mol. The van der Waals surface area contributed by atoms with Crippen molar-refractivity contribution in [3.05, 3.63) is 122 Å². The first-order valence-electron chi connectivity index (χ1n) is 12.8. The molecule has 38 heavy (non-hydrogen) atoms. The summed E-state index contributed by atoms with van der Waals surface area (Å²) in [4.78, 5) is 15.4. The number of hydrogen-bond donors (Lipinski definition) is 1. The zero-order valence-electron chi connectivity index (χ0n) is 21.6. The number of nitrogens with two attached hydrogens (primary N) is 1. The van der Waals surface area contributed by atoms with Crippen LogP contribution in [-0.2, 0) is 16.3 Å². The second-order valence-electron chi connectivity index (χ2n) is 9.91. The molecule has 0 aromatic heterocycles. The molecule has 0 amide bonds. The molecule has 0 bridgehead atoms. The van der Waals surface area contributed by atoms with E-state index in [1.54, 1.807) is 12.1 Å². The fourth-order valence-electron chi connectivity index (χ4n) is 5.55. The molecule has 3 aromatic carbocycles. The molecule has 0 saturated carbocycles. The highest BCUT2D eigenvalue weighted by Crippen LogP contribution is 2.47. The van der Waals surface area contributed by atoms with Gasteiger partial charge in [-0.1, -0.05) is 59.6 Å². The molecule has 0 spiro atoms. The zero-order chi connectivity index (χ0) is 26.8. The first kappa shape index (κ1) is 26.2. The van der Waals surface area contributed by atoms with Crippen LogP contribution < -0.4 is 10.6 Å². The van der Waals surface area contributed by atoms with E-state index in [0.29, 0.717) is 28.4 Å². The van der Waals surface area contributed by atoms with Crippen molar-refractivity contribution in [2.75, 3.05) is 4.90 Å². The Hall–Kier alpha value is -3.46. The van der Waals surface area contributed by atoms with E-state index in [1.807, 2.05) is 34.9 Å². The fraction of sp³-hybridized carbons (Fsp3) is 0.250. The minimum absolute atomic E-state index is 0.0939. The van der Waals surface area contributed by atoms with Crippen LogP contribution in [0.2, 0.25) is 5.02 Å². The molecule has 0 fully saturated rings. The average Bonchev–Trinajstić information content (AvgIpc) is 2.91. The standard InChI is InChI=1S/C32H30ClN3OS/c1-20-15-23(19-38-18-22-7-4-3-5-8-22)21(2)26(16-20)30-27(17-34)32(35)36(25-13-11-24(33)12-14-25)28-9-6-10-29(37)31(28)30/h3-5,7-8,11-16,30H,6,9-10,18-19,35H2,1-2H3. The van der Waals surface area contributed by atoms with Crippen molar-refractivity contribution in [2.45, 2.75) is 50.5 Å². The van der Waals surface area contributed by atoms with Crippen LogP contribution in [0.3, 0.4) is 0 Å². The van der Waals surface area contributed by atoms with Gasteiger partial charge in [0.15, 0.2) is 5.78 Å². The number of allylic oxidation sites excluding steroid dienone is 3. The Morgan fingerprint density at radius 3 is 2.50 bits per heavy atom. The second kappa shape index (κ2) is 11.1. The van der Waals surface area contributed by atoms with Crippen LogP contribution in [0.4, 0.5) is 5.69 Å². The molecule has 2 N–H and O–H groups in total. The van der Waals surface area contributed by atoms with Gasteiger partial charge < -0.3 is 5.73 Å². The quantitative estimate of drug-likeness (QED) is 0.347. The Balaban J connectivity index is 1.59. The van der Waals surface area contributed by atoms with Crippen molar-refractivity contribution < 1.29 is 4.79 Å². The number of hydrogen-bond acceptors (Lipinski definition) is 5. The van der Waals surface area contributed by atoms with Gasteiger partial charge in [0.05, 0.1) is 17.6 Å². The van der Waals surface area contributed by atoms with Crippen LogP contribution in [0, 0.1) is 25.2 Å². The van der Waals surface area contributed by atoms with Crippen molar-refractivity contribution in [3.8, 4) is 6.07 Å². The zero-order valence-corrected chi connectivity index (χ0v) is 23.2. The maximum atomic E-state index is 13.5. The molecular formula is C32H30ClN3OS. The van der Waals surface area contributed by atoms with Gasteiger partial charge in [-0.2, -0.15) is 17.0 Å². The number of thioether (sulfide) groups is 1.